The fraction of sp³-hybridized carbons (Fsp3) is 0.444. The zero-order valence-corrected chi connectivity index (χ0v) is 16.0. The lowest BCUT2D eigenvalue weighted by Crippen LogP contribution is -2.40. The predicted molar refractivity (Wildman–Crippen MR) is 96.1 cm³/mol. The van der Waals surface area contributed by atoms with Crippen LogP contribution >= 0.6 is 0 Å². The smallest absolute Gasteiger partial charge is 0.413 e. The van der Waals surface area contributed by atoms with Gasteiger partial charge in [0.1, 0.15) is 11.5 Å². The SMILES string of the molecule is COC(=O)NC(=O)[C@@H](C)OC(=O)[C@H]1CC(=O)N(c2ccc(OC)cc2OC)C1. The molecule has 10 nitrogen and oxygen atoms in total. The molecule has 10 heteroatoms. The summed E-state index contributed by atoms with van der Waals surface area (Å²) < 4.78 is 19.8. The molecule has 1 aliphatic heterocycles. The first-order chi connectivity index (χ1) is 13.3. The van der Waals surface area contributed by atoms with Crippen molar-refractivity contribution >= 4 is 29.6 Å². The van der Waals surface area contributed by atoms with Crippen LogP contribution in [0.25, 0.3) is 0 Å². The maximum absolute atomic E-state index is 12.4. The molecule has 1 aromatic carbocycles. The van der Waals surface area contributed by atoms with E-state index in [9.17, 15) is 19.2 Å². The quantitative estimate of drug-likeness (QED) is 0.706. The van der Waals surface area contributed by atoms with E-state index in [-0.39, 0.29) is 18.9 Å². The average molecular weight is 394 g/mol. The summed E-state index contributed by atoms with van der Waals surface area (Å²) in [6, 6.07) is 4.97. The summed E-state index contributed by atoms with van der Waals surface area (Å²) in [5, 5.41) is 1.91. The maximum atomic E-state index is 12.4. The summed E-state index contributed by atoms with van der Waals surface area (Å²) >= 11 is 0. The second-order valence-electron chi connectivity index (χ2n) is 6.00. The zero-order valence-electron chi connectivity index (χ0n) is 16.0. The Labute approximate surface area is 161 Å². The molecule has 0 saturated carbocycles. The van der Waals surface area contributed by atoms with Crippen molar-refractivity contribution in [2.45, 2.75) is 19.4 Å². The van der Waals surface area contributed by atoms with E-state index in [4.69, 9.17) is 14.2 Å². The Balaban J connectivity index is 2.05. The van der Waals surface area contributed by atoms with E-state index in [0.717, 1.165) is 7.11 Å². The number of anilines is 1. The van der Waals surface area contributed by atoms with Gasteiger partial charge in [-0.2, -0.15) is 0 Å². The van der Waals surface area contributed by atoms with Crippen molar-refractivity contribution in [2.75, 3.05) is 32.8 Å². The number of benzene rings is 1. The lowest BCUT2D eigenvalue weighted by molar-refractivity contribution is -0.158. The van der Waals surface area contributed by atoms with Gasteiger partial charge in [0.15, 0.2) is 6.10 Å². The second-order valence-corrected chi connectivity index (χ2v) is 6.00. The molecule has 0 aliphatic carbocycles. The van der Waals surface area contributed by atoms with E-state index in [1.807, 2.05) is 5.32 Å². The minimum Gasteiger partial charge on any atom is -0.497 e. The molecule has 28 heavy (non-hydrogen) atoms. The predicted octanol–water partition coefficient (Wildman–Crippen LogP) is 0.871. The molecule has 0 radical (unpaired) electrons. The highest BCUT2D eigenvalue weighted by Crippen LogP contribution is 2.36. The first-order valence-electron chi connectivity index (χ1n) is 8.42. The van der Waals surface area contributed by atoms with Crippen LogP contribution in [-0.4, -0.2) is 57.9 Å². The molecule has 1 fully saturated rings. The van der Waals surface area contributed by atoms with Crippen LogP contribution < -0.4 is 19.7 Å². The van der Waals surface area contributed by atoms with E-state index >= 15 is 0 Å². The third-order valence-electron chi connectivity index (χ3n) is 4.21. The van der Waals surface area contributed by atoms with Crippen molar-refractivity contribution < 1.29 is 38.1 Å². The van der Waals surface area contributed by atoms with Crippen LogP contribution in [0.2, 0.25) is 0 Å². The van der Waals surface area contributed by atoms with E-state index < -0.39 is 30.0 Å². The van der Waals surface area contributed by atoms with Gasteiger partial charge in [-0.1, -0.05) is 0 Å². The van der Waals surface area contributed by atoms with Crippen molar-refractivity contribution in [3.63, 3.8) is 0 Å². The van der Waals surface area contributed by atoms with Gasteiger partial charge in [0.2, 0.25) is 5.91 Å². The average Bonchev–Trinajstić information content (AvgIpc) is 3.08. The molecule has 3 amide bonds. The highest BCUT2D eigenvalue weighted by atomic mass is 16.6. The Hall–Kier alpha value is -3.30. The fourth-order valence-corrected chi connectivity index (χ4v) is 2.68. The Morgan fingerprint density at radius 2 is 1.89 bits per heavy atom. The number of nitrogens with zero attached hydrogens (tertiary/aromatic N) is 1. The van der Waals surface area contributed by atoms with Gasteiger partial charge in [0.05, 0.1) is 32.9 Å². The fourth-order valence-electron chi connectivity index (χ4n) is 2.68. The number of nitrogens with one attached hydrogen (secondary N) is 1. The number of amides is 3. The first kappa shape index (κ1) is 21.0. The molecule has 152 valence electrons. The summed E-state index contributed by atoms with van der Waals surface area (Å²) in [6.45, 7) is 1.39. The normalized spacial score (nSPS) is 16.9. The topological polar surface area (TPSA) is 120 Å². The molecule has 0 spiro atoms. The van der Waals surface area contributed by atoms with Crippen LogP contribution in [0, 0.1) is 5.92 Å². The minimum atomic E-state index is -1.22. The molecule has 1 N–H and O–H groups in total. The molecular formula is C18H22N2O8. The van der Waals surface area contributed by atoms with Gasteiger partial charge in [-0.25, -0.2) is 4.79 Å². The summed E-state index contributed by atoms with van der Waals surface area (Å²) in [6.07, 6.45) is -2.24. The lowest BCUT2D eigenvalue weighted by atomic mass is 10.1. The molecule has 1 aromatic rings. The van der Waals surface area contributed by atoms with Crippen LogP contribution in [-0.2, 0) is 23.9 Å². The maximum Gasteiger partial charge on any atom is 0.413 e. The van der Waals surface area contributed by atoms with Crippen LogP contribution in [0.3, 0.4) is 0 Å². The number of methoxy groups -OCH3 is 3. The number of esters is 1. The number of carbonyl (C=O) groups excluding carboxylic acids is 4. The third kappa shape index (κ3) is 4.70. The summed E-state index contributed by atoms with van der Waals surface area (Å²) in [4.78, 5) is 49.0. The van der Waals surface area contributed by atoms with Gasteiger partial charge in [-0.15, -0.1) is 0 Å². The van der Waals surface area contributed by atoms with Gasteiger partial charge < -0.3 is 23.8 Å². The van der Waals surface area contributed by atoms with Gasteiger partial charge in [-0.3, -0.25) is 19.7 Å². The van der Waals surface area contributed by atoms with Gasteiger partial charge in [0, 0.05) is 19.0 Å². The number of imide groups is 1. The van der Waals surface area contributed by atoms with Gasteiger partial charge in [-0.05, 0) is 19.1 Å². The van der Waals surface area contributed by atoms with Crippen LogP contribution in [0.15, 0.2) is 18.2 Å². The van der Waals surface area contributed by atoms with Crippen LogP contribution in [0.5, 0.6) is 11.5 Å². The van der Waals surface area contributed by atoms with Gasteiger partial charge >= 0.3 is 12.1 Å². The van der Waals surface area contributed by atoms with Crippen LogP contribution in [0.4, 0.5) is 10.5 Å². The standard InChI is InChI=1S/C18H22N2O8/c1-10(16(22)19-18(24)27-4)28-17(23)11-7-15(21)20(9-11)13-6-5-12(25-2)8-14(13)26-3/h5-6,8,10-11H,7,9H2,1-4H3,(H,19,22,24)/t10-,11+/m1/s1. The number of carbonyl (C=O) groups is 4. The van der Waals surface area contributed by atoms with E-state index in [2.05, 4.69) is 4.74 Å². The Morgan fingerprint density at radius 1 is 1.18 bits per heavy atom. The molecule has 1 aliphatic rings. The van der Waals surface area contributed by atoms with Gasteiger partial charge in [0.25, 0.3) is 5.91 Å². The molecule has 0 aromatic heterocycles. The molecule has 1 heterocycles. The van der Waals surface area contributed by atoms with Crippen molar-refractivity contribution in [3.8, 4) is 11.5 Å². The molecule has 2 atom stereocenters. The van der Waals surface area contributed by atoms with Crippen molar-refractivity contribution in [2.24, 2.45) is 5.92 Å². The number of rotatable bonds is 6. The first-order valence-corrected chi connectivity index (χ1v) is 8.42. The van der Waals surface area contributed by atoms with Crippen LogP contribution in [0.1, 0.15) is 13.3 Å². The molecule has 0 unspecified atom stereocenters. The minimum absolute atomic E-state index is 0.0701. The van der Waals surface area contributed by atoms with E-state index in [0.29, 0.717) is 17.2 Å². The van der Waals surface area contributed by atoms with Crippen molar-refractivity contribution in [3.05, 3.63) is 18.2 Å². The Morgan fingerprint density at radius 3 is 2.50 bits per heavy atom. The number of alkyl carbamates (subject to hydrolysis) is 1. The van der Waals surface area contributed by atoms with E-state index in [1.165, 1.54) is 26.0 Å². The molecule has 1 saturated heterocycles. The molecular weight excluding hydrogens is 372 g/mol. The second kappa shape index (κ2) is 9.07. The lowest BCUT2D eigenvalue weighted by Gasteiger charge is -2.20. The zero-order chi connectivity index (χ0) is 20.8. The summed E-state index contributed by atoms with van der Waals surface area (Å²) in [5.41, 5.74) is 0.500. The monoisotopic (exact) mass is 394 g/mol. The highest BCUT2D eigenvalue weighted by molar-refractivity contribution is 6.01. The number of hydrogen-bond donors (Lipinski definition) is 1. The number of hydrogen-bond acceptors (Lipinski definition) is 8. The Kier molecular flexibility index (Phi) is 6.80. The Bertz CT molecular complexity index is 779. The third-order valence-corrected chi connectivity index (χ3v) is 4.21. The summed E-state index contributed by atoms with van der Waals surface area (Å²) in [5.74, 6) is -1.58. The molecule has 2 rings (SSSR count). The summed E-state index contributed by atoms with van der Waals surface area (Å²) in [7, 11) is 4.08. The van der Waals surface area contributed by atoms with E-state index in [1.54, 1.807) is 18.2 Å². The van der Waals surface area contributed by atoms with Crippen molar-refractivity contribution in [1.82, 2.24) is 5.32 Å². The molecule has 0 bridgehead atoms. The number of ether oxygens (including phenoxy) is 4. The largest absolute Gasteiger partial charge is 0.497 e. The highest BCUT2D eigenvalue weighted by Gasteiger charge is 2.38. The van der Waals surface area contributed by atoms with Crippen molar-refractivity contribution in [1.29, 1.82) is 0 Å².